The lowest BCUT2D eigenvalue weighted by Gasteiger charge is -2.43. The molecule has 3 fully saturated rings. The SMILES string of the molecule is O=c1cccc2n1C[C@@H]1C[C@@H]2CN(c2nc(N3CCCCC3)nc(N3CCCCC3)n2)C1. The number of rotatable bonds is 3. The minimum absolute atomic E-state index is 0.130. The first-order chi connectivity index (χ1) is 15.7. The minimum atomic E-state index is 0.130. The van der Waals surface area contributed by atoms with Crippen LogP contribution in [0.4, 0.5) is 17.8 Å². The standard InChI is InChI=1S/C24H33N7O/c32-21-9-7-8-20-19-14-18(16-31(20)21)15-30(17-19)24-26-22(28-10-3-1-4-11-28)25-23(27-24)29-12-5-2-6-13-29/h7-9,18-19H,1-6,10-17H2/t18-,19-/m1/s1. The third-order valence-corrected chi connectivity index (χ3v) is 7.64. The van der Waals surface area contributed by atoms with Crippen LogP contribution in [0.5, 0.6) is 0 Å². The molecule has 0 aromatic carbocycles. The van der Waals surface area contributed by atoms with Crippen LogP contribution in [-0.2, 0) is 6.54 Å². The van der Waals surface area contributed by atoms with Gasteiger partial charge in [0.05, 0.1) is 0 Å². The van der Waals surface area contributed by atoms with Gasteiger partial charge in [-0.15, -0.1) is 0 Å². The number of nitrogens with zero attached hydrogens (tertiary/aromatic N) is 7. The average Bonchev–Trinajstić information content (AvgIpc) is 2.85. The van der Waals surface area contributed by atoms with Crippen molar-refractivity contribution in [3.63, 3.8) is 0 Å². The highest BCUT2D eigenvalue weighted by atomic mass is 16.1. The largest absolute Gasteiger partial charge is 0.341 e. The lowest BCUT2D eigenvalue weighted by Crippen LogP contribution is -2.48. The van der Waals surface area contributed by atoms with Gasteiger partial charge in [0, 0.05) is 63.5 Å². The molecule has 0 unspecified atom stereocenters. The van der Waals surface area contributed by atoms with Crippen LogP contribution in [0.2, 0.25) is 0 Å². The summed E-state index contributed by atoms with van der Waals surface area (Å²) in [4.78, 5) is 34.4. The molecule has 6 heterocycles. The van der Waals surface area contributed by atoms with Crippen molar-refractivity contribution in [3.05, 3.63) is 34.2 Å². The second-order valence-corrected chi connectivity index (χ2v) is 9.93. The van der Waals surface area contributed by atoms with Crippen LogP contribution in [-0.4, -0.2) is 58.8 Å². The van der Waals surface area contributed by atoms with E-state index in [-0.39, 0.29) is 5.56 Å². The van der Waals surface area contributed by atoms with Crippen LogP contribution in [0.3, 0.4) is 0 Å². The van der Waals surface area contributed by atoms with E-state index in [4.69, 9.17) is 15.0 Å². The Bertz CT molecular complexity index is 989. The second-order valence-electron chi connectivity index (χ2n) is 9.93. The van der Waals surface area contributed by atoms with Crippen molar-refractivity contribution < 1.29 is 0 Å². The molecule has 32 heavy (non-hydrogen) atoms. The van der Waals surface area contributed by atoms with Crippen molar-refractivity contribution in [2.45, 2.75) is 57.4 Å². The molecule has 0 amide bonds. The molecule has 0 saturated carbocycles. The first-order valence-corrected chi connectivity index (χ1v) is 12.5. The Morgan fingerprint density at radius 1 is 0.688 bits per heavy atom. The van der Waals surface area contributed by atoms with Gasteiger partial charge in [-0.25, -0.2) is 0 Å². The third-order valence-electron chi connectivity index (χ3n) is 7.64. The molecule has 0 radical (unpaired) electrons. The molecule has 2 atom stereocenters. The van der Waals surface area contributed by atoms with Gasteiger partial charge in [0.25, 0.3) is 5.56 Å². The Balaban J connectivity index is 1.34. The zero-order valence-electron chi connectivity index (χ0n) is 18.8. The van der Waals surface area contributed by atoms with Crippen LogP contribution in [0.15, 0.2) is 23.0 Å². The van der Waals surface area contributed by atoms with Crippen molar-refractivity contribution in [3.8, 4) is 0 Å². The van der Waals surface area contributed by atoms with Crippen LogP contribution < -0.4 is 20.3 Å². The van der Waals surface area contributed by atoms with Gasteiger partial charge in [0.2, 0.25) is 17.8 Å². The van der Waals surface area contributed by atoms with Gasteiger partial charge >= 0.3 is 0 Å². The van der Waals surface area contributed by atoms with E-state index < -0.39 is 0 Å². The van der Waals surface area contributed by atoms with Gasteiger partial charge in [-0.1, -0.05) is 6.07 Å². The predicted octanol–water partition coefficient (Wildman–Crippen LogP) is 2.64. The molecule has 6 rings (SSSR count). The van der Waals surface area contributed by atoms with Crippen molar-refractivity contribution in [2.24, 2.45) is 5.92 Å². The summed E-state index contributed by atoms with van der Waals surface area (Å²) in [5.41, 5.74) is 1.30. The smallest absolute Gasteiger partial charge is 0.250 e. The summed E-state index contributed by atoms with van der Waals surface area (Å²) in [6.45, 7) is 6.69. The number of hydrogen-bond donors (Lipinski definition) is 0. The van der Waals surface area contributed by atoms with E-state index >= 15 is 0 Å². The number of anilines is 3. The summed E-state index contributed by atoms with van der Waals surface area (Å²) in [7, 11) is 0. The first-order valence-electron chi connectivity index (χ1n) is 12.5. The van der Waals surface area contributed by atoms with Gasteiger partial charge in [-0.05, 0) is 56.9 Å². The Morgan fingerprint density at radius 2 is 1.28 bits per heavy atom. The molecule has 2 aromatic rings. The molecular formula is C24H33N7O. The normalized spacial score (nSPS) is 25.6. The maximum absolute atomic E-state index is 12.4. The summed E-state index contributed by atoms with van der Waals surface area (Å²) in [6, 6.07) is 5.71. The van der Waals surface area contributed by atoms with Gasteiger partial charge in [0.1, 0.15) is 0 Å². The number of fused-ring (bicyclic) bond motifs is 4. The minimum Gasteiger partial charge on any atom is -0.341 e. The molecule has 4 aliphatic heterocycles. The molecule has 2 aromatic heterocycles. The van der Waals surface area contributed by atoms with Crippen LogP contribution in [0.1, 0.15) is 56.6 Å². The van der Waals surface area contributed by atoms with Gasteiger partial charge < -0.3 is 19.3 Å². The summed E-state index contributed by atoms with van der Waals surface area (Å²) < 4.78 is 1.99. The molecule has 0 N–H and O–H groups in total. The first kappa shape index (κ1) is 20.0. The topological polar surface area (TPSA) is 70.4 Å². The predicted molar refractivity (Wildman–Crippen MR) is 126 cm³/mol. The number of piperidine rings is 3. The highest BCUT2D eigenvalue weighted by Gasteiger charge is 2.36. The number of hydrogen-bond acceptors (Lipinski definition) is 7. The molecule has 2 bridgehead atoms. The third kappa shape index (κ3) is 3.73. The van der Waals surface area contributed by atoms with Crippen molar-refractivity contribution >= 4 is 17.8 Å². The molecule has 8 nitrogen and oxygen atoms in total. The molecule has 8 heteroatoms. The molecule has 3 saturated heterocycles. The summed E-state index contributed by atoms with van der Waals surface area (Å²) in [5, 5.41) is 0. The Morgan fingerprint density at radius 3 is 1.91 bits per heavy atom. The highest BCUT2D eigenvalue weighted by molar-refractivity contribution is 5.48. The zero-order valence-corrected chi connectivity index (χ0v) is 18.8. The lowest BCUT2D eigenvalue weighted by molar-refractivity contribution is 0.279. The molecule has 4 aliphatic rings. The average molecular weight is 436 g/mol. The van der Waals surface area contributed by atoms with E-state index in [0.717, 1.165) is 70.1 Å². The van der Waals surface area contributed by atoms with Gasteiger partial charge in [-0.3, -0.25) is 4.79 Å². The second kappa shape index (κ2) is 8.37. The molecule has 170 valence electrons. The lowest BCUT2D eigenvalue weighted by atomic mass is 9.83. The van der Waals surface area contributed by atoms with Crippen molar-refractivity contribution in [2.75, 3.05) is 54.0 Å². The molecular weight excluding hydrogens is 402 g/mol. The zero-order chi connectivity index (χ0) is 21.5. The monoisotopic (exact) mass is 435 g/mol. The van der Waals surface area contributed by atoms with Crippen molar-refractivity contribution in [1.29, 1.82) is 0 Å². The fourth-order valence-electron chi connectivity index (χ4n) is 6.02. The van der Waals surface area contributed by atoms with Crippen molar-refractivity contribution in [1.82, 2.24) is 19.5 Å². The maximum Gasteiger partial charge on any atom is 0.250 e. The van der Waals surface area contributed by atoms with E-state index in [1.54, 1.807) is 6.07 Å². The van der Waals surface area contributed by atoms with Crippen LogP contribution in [0, 0.1) is 5.92 Å². The quantitative estimate of drug-likeness (QED) is 0.734. The summed E-state index contributed by atoms with van der Waals surface area (Å²) >= 11 is 0. The number of pyridine rings is 1. The number of aromatic nitrogens is 4. The van der Waals surface area contributed by atoms with Crippen LogP contribution >= 0.6 is 0 Å². The fourth-order valence-corrected chi connectivity index (χ4v) is 6.02. The highest BCUT2D eigenvalue weighted by Crippen LogP contribution is 2.36. The van der Waals surface area contributed by atoms with Gasteiger partial charge in [0.15, 0.2) is 0 Å². The van der Waals surface area contributed by atoms with E-state index in [0.29, 0.717) is 11.8 Å². The Kier molecular flexibility index (Phi) is 5.23. The summed E-state index contributed by atoms with van der Waals surface area (Å²) in [6.07, 6.45) is 8.56. The molecule has 0 aliphatic carbocycles. The van der Waals surface area contributed by atoms with E-state index in [1.165, 1.54) is 44.2 Å². The van der Waals surface area contributed by atoms with Crippen LogP contribution in [0.25, 0.3) is 0 Å². The van der Waals surface area contributed by atoms with E-state index in [1.807, 2.05) is 10.6 Å². The van der Waals surface area contributed by atoms with E-state index in [9.17, 15) is 4.79 Å². The van der Waals surface area contributed by atoms with Gasteiger partial charge in [-0.2, -0.15) is 15.0 Å². The van der Waals surface area contributed by atoms with E-state index in [2.05, 4.69) is 20.8 Å². The maximum atomic E-state index is 12.4. The summed E-state index contributed by atoms with van der Waals surface area (Å²) in [5.74, 6) is 3.33. The Hall–Kier alpha value is -2.64. The Labute approximate surface area is 189 Å². The fraction of sp³-hybridized carbons (Fsp3) is 0.667. The molecule has 0 spiro atoms.